The molecule has 0 fully saturated rings. The van der Waals surface area contributed by atoms with Gasteiger partial charge in [-0.3, -0.25) is 0 Å². The minimum atomic E-state index is -0.484. The number of halogens is 1. The lowest BCUT2D eigenvalue weighted by molar-refractivity contribution is 0.0606. The summed E-state index contributed by atoms with van der Waals surface area (Å²) in [7, 11) is 1.31. The Labute approximate surface area is 148 Å². The van der Waals surface area contributed by atoms with Crippen molar-refractivity contribution in [2.75, 3.05) is 12.4 Å². The van der Waals surface area contributed by atoms with Crippen LogP contribution < -0.4 is 5.32 Å². The van der Waals surface area contributed by atoms with E-state index in [9.17, 15) is 4.79 Å². The molecule has 0 saturated heterocycles. The van der Waals surface area contributed by atoms with E-state index in [1.165, 1.54) is 18.4 Å². The predicted molar refractivity (Wildman–Crippen MR) is 94.1 cm³/mol. The van der Waals surface area contributed by atoms with Crippen molar-refractivity contribution in [1.82, 2.24) is 14.8 Å². The summed E-state index contributed by atoms with van der Waals surface area (Å²) < 4.78 is 6.48. The molecule has 0 spiro atoms. The molecule has 3 rings (SSSR count). The minimum absolute atomic E-state index is 0.00406. The monoisotopic (exact) mass is 362 g/mol. The maximum atomic E-state index is 11.6. The van der Waals surface area contributed by atoms with Crippen molar-refractivity contribution in [3.8, 4) is 5.69 Å². The molecule has 1 atom stereocenters. The first kappa shape index (κ1) is 16.5. The molecule has 6 nitrogen and oxygen atoms in total. The van der Waals surface area contributed by atoms with Crippen LogP contribution >= 0.6 is 22.9 Å². The number of benzene rings is 1. The summed E-state index contributed by atoms with van der Waals surface area (Å²) in [5, 5.41) is 8.17. The minimum Gasteiger partial charge on any atom is -0.465 e. The first-order valence-electron chi connectivity index (χ1n) is 7.19. The number of esters is 1. The Morgan fingerprint density at radius 3 is 2.75 bits per heavy atom. The third-order valence-corrected chi connectivity index (χ3v) is 4.81. The Hall–Kier alpha value is -2.38. The number of nitrogens with one attached hydrogen (secondary N) is 1. The summed E-state index contributed by atoms with van der Waals surface area (Å²) in [6.07, 6.45) is 3.63. The number of aromatic nitrogens is 3. The van der Waals surface area contributed by atoms with Gasteiger partial charge >= 0.3 is 5.97 Å². The van der Waals surface area contributed by atoms with Crippen LogP contribution in [0.1, 0.15) is 28.2 Å². The van der Waals surface area contributed by atoms with Crippen molar-refractivity contribution in [2.45, 2.75) is 13.0 Å². The van der Waals surface area contributed by atoms with E-state index in [0.29, 0.717) is 10.0 Å². The highest BCUT2D eigenvalue weighted by molar-refractivity contribution is 7.18. The Bertz CT molecular complexity index is 830. The summed E-state index contributed by atoms with van der Waals surface area (Å²) >= 11 is 7.15. The average Bonchev–Trinajstić information content (AvgIpc) is 3.24. The second-order valence-electron chi connectivity index (χ2n) is 5.04. The molecule has 0 aliphatic rings. The first-order valence-corrected chi connectivity index (χ1v) is 8.39. The lowest BCUT2D eigenvalue weighted by Gasteiger charge is -2.13. The molecule has 3 aromatic rings. The molecule has 0 radical (unpaired) electrons. The van der Waals surface area contributed by atoms with Gasteiger partial charge in [-0.15, -0.1) is 0 Å². The first-order chi connectivity index (χ1) is 11.6. The lowest BCUT2D eigenvalue weighted by atomic mass is 10.1. The topological polar surface area (TPSA) is 69.0 Å². The number of thiazole rings is 1. The second kappa shape index (κ2) is 7.02. The molecule has 0 aliphatic heterocycles. The van der Waals surface area contributed by atoms with Crippen molar-refractivity contribution in [1.29, 1.82) is 0 Å². The SMILES string of the molecule is COC(=O)c1sc(NC(C)c2ccc(-n3cccn3)cc2)nc1Cl. The van der Waals surface area contributed by atoms with Gasteiger partial charge < -0.3 is 10.1 Å². The van der Waals surface area contributed by atoms with E-state index < -0.39 is 5.97 Å². The highest BCUT2D eigenvalue weighted by Gasteiger charge is 2.18. The quantitative estimate of drug-likeness (QED) is 0.696. The standard InChI is InChI=1S/C16H15ClN4O2S/c1-10(19-16-20-14(17)13(24-16)15(22)23-2)11-4-6-12(7-5-11)21-9-3-8-18-21/h3-10H,1-2H3,(H,19,20). The third-order valence-electron chi connectivity index (χ3n) is 3.46. The molecule has 2 aromatic heterocycles. The van der Waals surface area contributed by atoms with Crippen LogP contribution in [0.15, 0.2) is 42.7 Å². The lowest BCUT2D eigenvalue weighted by Crippen LogP contribution is -2.06. The van der Waals surface area contributed by atoms with Crippen LogP contribution in [0.3, 0.4) is 0 Å². The predicted octanol–water partition coefficient (Wildman–Crippen LogP) is 3.94. The van der Waals surface area contributed by atoms with Gasteiger partial charge in [0.15, 0.2) is 15.2 Å². The van der Waals surface area contributed by atoms with Crippen molar-refractivity contribution in [3.63, 3.8) is 0 Å². The van der Waals surface area contributed by atoms with Gasteiger partial charge in [-0.2, -0.15) is 5.10 Å². The number of rotatable bonds is 5. The molecule has 0 saturated carbocycles. The fourth-order valence-electron chi connectivity index (χ4n) is 2.19. The van der Waals surface area contributed by atoms with Crippen molar-refractivity contribution < 1.29 is 9.53 Å². The smallest absolute Gasteiger partial charge is 0.351 e. The number of hydrogen-bond donors (Lipinski definition) is 1. The summed E-state index contributed by atoms with van der Waals surface area (Å²) in [5.74, 6) is -0.484. The van der Waals surface area contributed by atoms with Crippen LogP contribution in [0.4, 0.5) is 5.13 Å². The zero-order chi connectivity index (χ0) is 17.1. The van der Waals surface area contributed by atoms with E-state index in [2.05, 4.69) is 20.1 Å². The Morgan fingerprint density at radius 1 is 1.38 bits per heavy atom. The van der Waals surface area contributed by atoms with Crippen molar-refractivity contribution in [2.24, 2.45) is 0 Å². The molecule has 1 N–H and O–H groups in total. The molecule has 2 heterocycles. The van der Waals surface area contributed by atoms with Crippen LogP contribution in [-0.4, -0.2) is 27.8 Å². The van der Waals surface area contributed by atoms with Gasteiger partial charge in [0.25, 0.3) is 0 Å². The molecule has 0 bridgehead atoms. The molecule has 124 valence electrons. The fourth-order valence-corrected chi connectivity index (χ4v) is 3.38. The molecule has 24 heavy (non-hydrogen) atoms. The molecule has 0 aliphatic carbocycles. The highest BCUT2D eigenvalue weighted by atomic mass is 35.5. The van der Waals surface area contributed by atoms with E-state index in [1.54, 1.807) is 10.9 Å². The Morgan fingerprint density at radius 2 is 2.12 bits per heavy atom. The zero-order valence-corrected chi connectivity index (χ0v) is 14.6. The van der Waals surface area contributed by atoms with Crippen LogP contribution in [0, 0.1) is 0 Å². The maximum absolute atomic E-state index is 11.6. The summed E-state index contributed by atoms with van der Waals surface area (Å²) in [4.78, 5) is 16.0. The van der Waals surface area contributed by atoms with E-state index in [0.717, 1.165) is 11.3 Å². The average molecular weight is 363 g/mol. The summed E-state index contributed by atoms with van der Waals surface area (Å²) in [5.41, 5.74) is 2.07. The summed E-state index contributed by atoms with van der Waals surface area (Å²) in [6, 6.07) is 9.91. The molecular weight excluding hydrogens is 348 g/mol. The van der Waals surface area contributed by atoms with Gasteiger partial charge in [0.05, 0.1) is 18.8 Å². The van der Waals surface area contributed by atoms with Crippen LogP contribution in [-0.2, 0) is 4.74 Å². The summed E-state index contributed by atoms with van der Waals surface area (Å²) in [6.45, 7) is 2.01. The maximum Gasteiger partial charge on any atom is 0.351 e. The van der Waals surface area contributed by atoms with E-state index in [4.69, 9.17) is 11.6 Å². The van der Waals surface area contributed by atoms with E-state index in [1.807, 2.05) is 43.5 Å². The number of ether oxygens (including phenoxy) is 1. The number of hydrogen-bond acceptors (Lipinski definition) is 6. The fraction of sp³-hybridized carbons (Fsp3) is 0.188. The van der Waals surface area contributed by atoms with Gasteiger partial charge in [0.1, 0.15) is 0 Å². The normalized spacial score (nSPS) is 12.0. The number of methoxy groups -OCH3 is 1. The molecule has 8 heteroatoms. The number of anilines is 1. The van der Waals surface area contributed by atoms with Crippen LogP contribution in [0.2, 0.25) is 5.15 Å². The van der Waals surface area contributed by atoms with Gasteiger partial charge in [-0.25, -0.2) is 14.5 Å². The van der Waals surface area contributed by atoms with Gasteiger partial charge in [-0.05, 0) is 30.7 Å². The van der Waals surface area contributed by atoms with Gasteiger partial charge in [-0.1, -0.05) is 35.1 Å². The molecule has 1 aromatic carbocycles. The second-order valence-corrected chi connectivity index (χ2v) is 6.40. The Balaban J connectivity index is 1.73. The third kappa shape index (κ3) is 3.42. The van der Waals surface area contributed by atoms with Gasteiger partial charge in [0.2, 0.25) is 0 Å². The number of carbonyl (C=O) groups excluding carboxylic acids is 1. The van der Waals surface area contributed by atoms with Crippen LogP contribution in [0.5, 0.6) is 0 Å². The van der Waals surface area contributed by atoms with Crippen molar-refractivity contribution >= 4 is 34.0 Å². The zero-order valence-electron chi connectivity index (χ0n) is 13.1. The number of carbonyl (C=O) groups is 1. The Kier molecular flexibility index (Phi) is 4.82. The molecule has 1 unspecified atom stereocenters. The van der Waals surface area contributed by atoms with Gasteiger partial charge in [0, 0.05) is 12.4 Å². The molecule has 0 amide bonds. The molecular formula is C16H15ClN4O2S. The highest BCUT2D eigenvalue weighted by Crippen LogP contribution is 2.30. The van der Waals surface area contributed by atoms with E-state index in [-0.39, 0.29) is 11.2 Å². The largest absolute Gasteiger partial charge is 0.465 e. The van der Waals surface area contributed by atoms with Crippen molar-refractivity contribution in [3.05, 3.63) is 58.3 Å². The van der Waals surface area contributed by atoms with Crippen LogP contribution in [0.25, 0.3) is 5.69 Å². The van der Waals surface area contributed by atoms with E-state index >= 15 is 0 Å². The number of nitrogens with zero attached hydrogens (tertiary/aromatic N) is 3.